The van der Waals surface area contributed by atoms with Crippen LogP contribution in [0.1, 0.15) is 0 Å². The minimum Gasteiger partial charge on any atom is -0.380 e. The van der Waals surface area contributed by atoms with Crippen LogP contribution in [-0.2, 0) is 0 Å². The summed E-state index contributed by atoms with van der Waals surface area (Å²) in [4.78, 5) is 7.80. The fourth-order valence-electron chi connectivity index (χ4n) is 1.83. The van der Waals surface area contributed by atoms with Gasteiger partial charge in [-0.3, -0.25) is 9.97 Å². The van der Waals surface area contributed by atoms with E-state index in [1.165, 1.54) is 12.3 Å². The van der Waals surface area contributed by atoms with Gasteiger partial charge in [-0.05, 0) is 12.1 Å². The van der Waals surface area contributed by atoms with E-state index >= 15 is 0 Å². The Kier molecular flexibility index (Phi) is 2.68. The van der Waals surface area contributed by atoms with Gasteiger partial charge in [0.15, 0.2) is 11.6 Å². The molecule has 0 saturated carbocycles. The van der Waals surface area contributed by atoms with E-state index < -0.39 is 5.82 Å². The maximum absolute atomic E-state index is 13.2. The number of hydrogen-bond donors (Lipinski definition) is 1. The molecule has 3 aromatic rings. The van der Waals surface area contributed by atoms with Gasteiger partial charge in [0, 0.05) is 29.7 Å². The maximum atomic E-state index is 13.2. The van der Waals surface area contributed by atoms with E-state index in [9.17, 15) is 4.39 Å². The highest BCUT2D eigenvalue weighted by Crippen LogP contribution is 2.35. The van der Waals surface area contributed by atoms with E-state index in [4.69, 9.17) is 10.3 Å². The predicted octanol–water partition coefficient (Wildman–Crippen LogP) is 2.52. The van der Waals surface area contributed by atoms with Gasteiger partial charge in [0.05, 0.1) is 11.8 Å². The molecule has 0 aliphatic rings. The highest BCUT2D eigenvalue weighted by molar-refractivity contribution is 5.85. The third-order valence-electron chi connectivity index (χ3n) is 2.64. The van der Waals surface area contributed by atoms with Gasteiger partial charge in [-0.15, -0.1) is 0 Å². The predicted molar refractivity (Wildman–Crippen MR) is 67.3 cm³/mol. The SMILES string of the molecule is Nc1noc(-c2cncc(F)c2)c1-c1cccnc1. The lowest BCUT2D eigenvalue weighted by Crippen LogP contribution is -1.90. The van der Waals surface area contributed by atoms with Crippen molar-refractivity contribution in [3.8, 4) is 22.5 Å². The van der Waals surface area contributed by atoms with Crippen LogP contribution in [-0.4, -0.2) is 15.1 Å². The number of nitrogen functional groups attached to an aromatic ring is 1. The van der Waals surface area contributed by atoms with Gasteiger partial charge in [0.2, 0.25) is 0 Å². The molecule has 94 valence electrons. The molecule has 2 N–H and O–H groups in total. The van der Waals surface area contributed by atoms with Crippen LogP contribution in [0.4, 0.5) is 10.2 Å². The van der Waals surface area contributed by atoms with Gasteiger partial charge in [-0.1, -0.05) is 11.2 Å². The quantitative estimate of drug-likeness (QED) is 0.762. The number of nitrogens with two attached hydrogens (primary N) is 1. The second kappa shape index (κ2) is 4.49. The van der Waals surface area contributed by atoms with Crippen molar-refractivity contribution < 1.29 is 8.91 Å². The Balaban J connectivity index is 2.19. The summed E-state index contributed by atoms with van der Waals surface area (Å²) in [5.41, 5.74) is 7.61. The van der Waals surface area contributed by atoms with E-state index in [1.54, 1.807) is 18.5 Å². The van der Waals surface area contributed by atoms with Crippen LogP contribution in [0.2, 0.25) is 0 Å². The summed E-state index contributed by atoms with van der Waals surface area (Å²) in [5.74, 6) is 0.148. The Morgan fingerprint density at radius 2 is 1.95 bits per heavy atom. The minimum absolute atomic E-state index is 0.229. The molecular formula is C13H9FN4O. The maximum Gasteiger partial charge on any atom is 0.178 e. The molecule has 3 heterocycles. The van der Waals surface area contributed by atoms with Crippen LogP contribution in [0.15, 0.2) is 47.5 Å². The second-order valence-corrected chi connectivity index (χ2v) is 3.91. The van der Waals surface area contributed by atoms with Crippen LogP contribution in [0, 0.1) is 5.82 Å². The first-order chi connectivity index (χ1) is 9.25. The second-order valence-electron chi connectivity index (χ2n) is 3.91. The van der Waals surface area contributed by atoms with Gasteiger partial charge in [-0.2, -0.15) is 0 Å². The molecule has 3 rings (SSSR count). The lowest BCUT2D eigenvalue weighted by molar-refractivity contribution is 0.435. The summed E-state index contributed by atoms with van der Waals surface area (Å²) in [6.45, 7) is 0. The molecule has 19 heavy (non-hydrogen) atoms. The summed E-state index contributed by atoms with van der Waals surface area (Å²) in [5, 5.41) is 3.72. The zero-order valence-electron chi connectivity index (χ0n) is 9.75. The molecule has 0 fully saturated rings. The average Bonchev–Trinajstić information content (AvgIpc) is 2.82. The smallest absolute Gasteiger partial charge is 0.178 e. The van der Waals surface area contributed by atoms with E-state index in [0.717, 1.165) is 11.8 Å². The molecule has 0 unspecified atom stereocenters. The van der Waals surface area contributed by atoms with Gasteiger partial charge in [0.25, 0.3) is 0 Å². The Morgan fingerprint density at radius 3 is 2.68 bits per heavy atom. The Bertz CT molecular complexity index is 712. The zero-order chi connectivity index (χ0) is 13.2. The topological polar surface area (TPSA) is 77.8 Å². The van der Waals surface area contributed by atoms with Crippen molar-refractivity contribution >= 4 is 5.82 Å². The number of nitrogens with zero attached hydrogens (tertiary/aromatic N) is 3. The molecule has 0 amide bonds. The summed E-state index contributed by atoms with van der Waals surface area (Å²) >= 11 is 0. The number of pyridine rings is 2. The highest BCUT2D eigenvalue weighted by Gasteiger charge is 2.18. The molecule has 6 heteroatoms. The summed E-state index contributed by atoms with van der Waals surface area (Å²) in [6, 6.07) is 4.91. The van der Waals surface area contributed by atoms with Gasteiger partial charge < -0.3 is 10.3 Å². The molecule has 0 aromatic carbocycles. The molecule has 0 aliphatic heterocycles. The van der Waals surface area contributed by atoms with Crippen LogP contribution in [0.3, 0.4) is 0 Å². The van der Waals surface area contributed by atoms with E-state index in [-0.39, 0.29) is 5.82 Å². The Morgan fingerprint density at radius 1 is 1.11 bits per heavy atom. The van der Waals surface area contributed by atoms with Gasteiger partial charge >= 0.3 is 0 Å². The minimum atomic E-state index is -0.454. The lowest BCUT2D eigenvalue weighted by atomic mass is 10.0. The van der Waals surface area contributed by atoms with E-state index in [2.05, 4.69) is 15.1 Å². The van der Waals surface area contributed by atoms with Crippen molar-refractivity contribution in [1.82, 2.24) is 15.1 Å². The van der Waals surface area contributed by atoms with E-state index in [1.807, 2.05) is 6.07 Å². The molecule has 0 aliphatic carbocycles. The molecule has 5 nitrogen and oxygen atoms in total. The summed E-state index contributed by atoms with van der Waals surface area (Å²) in [6.07, 6.45) is 5.89. The van der Waals surface area contributed by atoms with Crippen molar-refractivity contribution in [1.29, 1.82) is 0 Å². The molecule has 0 saturated heterocycles. The van der Waals surface area contributed by atoms with Crippen molar-refractivity contribution in [3.05, 3.63) is 48.8 Å². The average molecular weight is 256 g/mol. The first-order valence-electron chi connectivity index (χ1n) is 5.52. The van der Waals surface area contributed by atoms with Crippen molar-refractivity contribution in [2.75, 3.05) is 5.73 Å². The molecule has 0 bridgehead atoms. The number of hydrogen-bond acceptors (Lipinski definition) is 5. The largest absolute Gasteiger partial charge is 0.380 e. The number of aromatic nitrogens is 3. The number of halogens is 1. The monoisotopic (exact) mass is 256 g/mol. The van der Waals surface area contributed by atoms with Gasteiger partial charge in [0.1, 0.15) is 5.82 Å². The Hall–Kier alpha value is -2.76. The van der Waals surface area contributed by atoms with Crippen LogP contribution in [0.25, 0.3) is 22.5 Å². The van der Waals surface area contributed by atoms with Crippen molar-refractivity contribution in [2.45, 2.75) is 0 Å². The third-order valence-corrected chi connectivity index (χ3v) is 2.64. The fourth-order valence-corrected chi connectivity index (χ4v) is 1.83. The first kappa shape index (κ1) is 11.3. The number of anilines is 1. The van der Waals surface area contributed by atoms with Gasteiger partial charge in [-0.25, -0.2) is 4.39 Å². The third kappa shape index (κ3) is 2.03. The molecule has 0 atom stereocenters. The standard InChI is InChI=1S/C13H9FN4O/c14-10-4-9(6-17-7-10)12-11(13(15)18-19-12)8-2-1-3-16-5-8/h1-7H,(H2,15,18). The molecule has 3 aromatic heterocycles. The Labute approximate surface area is 107 Å². The zero-order valence-corrected chi connectivity index (χ0v) is 9.75. The number of rotatable bonds is 2. The molecular weight excluding hydrogens is 247 g/mol. The summed E-state index contributed by atoms with van der Waals surface area (Å²) in [7, 11) is 0. The van der Waals surface area contributed by atoms with Crippen LogP contribution in [0.5, 0.6) is 0 Å². The molecule has 0 radical (unpaired) electrons. The normalized spacial score (nSPS) is 10.6. The van der Waals surface area contributed by atoms with E-state index in [0.29, 0.717) is 16.9 Å². The fraction of sp³-hybridized carbons (Fsp3) is 0. The molecule has 0 spiro atoms. The van der Waals surface area contributed by atoms with Crippen molar-refractivity contribution in [2.24, 2.45) is 0 Å². The van der Waals surface area contributed by atoms with Crippen LogP contribution >= 0.6 is 0 Å². The highest BCUT2D eigenvalue weighted by atomic mass is 19.1. The lowest BCUT2D eigenvalue weighted by Gasteiger charge is -2.01. The van der Waals surface area contributed by atoms with Crippen molar-refractivity contribution in [3.63, 3.8) is 0 Å². The summed E-state index contributed by atoms with van der Waals surface area (Å²) < 4.78 is 18.4. The first-order valence-corrected chi connectivity index (χ1v) is 5.52. The van der Waals surface area contributed by atoms with Crippen LogP contribution < -0.4 is 5.73 Å².